The van der Waals surface area contributed by atoms with Gasteiger partial charge in [0.25, 0.3) is 6.20 Å². The van der Waals surface area contributed by atoms with Crippen molar-refractivity contribution in [3.63, 3.8) is 0 Å². The summed E-state index contributed by atoms with van der Waals surface area (Å²) in [6.45, 7) is 5.13. The molecule has 1 N–H and O–H groups in total. The maximum Gasteiger partial charge on any atom is 0.258 e. The molecule has 0 aliphatic carbocycles. The van der Waals surface area contributed by atoms with Gasteiger partial charge in [0.2, 0.25) is 0 Å². The Hall–Kier alpha value is -1.92. The lowest BCUT2D eigenvalue weighted by Gasteiger charge is -2.18. The van der Waals surface area contributed by atoms with E-state index >= 15 is 0 Å². The molecule has 0 saturated carbocycles. The van der Waals surface area contributed by atoms with Crippen LogP contribution in [0.2, 0.25) is 0 Å². The SMILES string of the molecule is CCOC(CN/C(=C/[N+](=O)[O-])c1ccccc1)OCC. The molecule has 0 heterocycles. The molecule has 20 heavy (non-hydrogen) atoms. The molecule has 0 aromatic heterocycles. The maximum atomic E-state index is 10.7. The first kappa shape index (κ1) is 16.1. The van der Waals surface area contributed by atoms with Crippen LogP contribution < -0.4 is 5.32 Å². The van der Waals surface area contributed by atoms with Crippen LogP contribution in [0.25, 0.3) is 5.70 Å². The van der Waals surface area contributed by atoms with Crippen molar-refractivity contribution in [3.05, 3.63) is 52.2 Å². The minimum atomic E-state index is -0.480. The Morgan fingerprint density at radius 1 is 1.30 bits per heavy atom. The van der Waals surface area contributed by atoms with E-state index in [0.717, 1.165) is 11.8 Å². The molecule has 6 nitrogen and oxygen atoms in total. The van der Waals surface area contributed by atoms with Crippen molar-refractivity contribution in [3.8, 4) is 0 Å². The van der Waals surface area contributed by atoms with Crippen LogP contribution in [-0.2, 0) is 9.47 Å². The van der Waals surface area contributed by atoms with E-state index in [1.807, 2.05) is 32.0 Å². The van der Waals surface area contributed by atoms with Gasteiger partial charge in [-0.1, -0.05) is 30.3 Å². The lowest BCUT2D eigenvalue weighted by atomic mass is 10.1. The zero-order valence-electron chi connectivity index (χ0n) is 11.7. The Morgan fingerprint density at radius 3 is 2.40 bits per heavy atom. The quantitative estimate of drug-likeness (QED) is 0.426. The molecular formula is C14H20N2O4. The summed E-state index contributed by atoms with van der Waals surface area (Å²) in [5.74, 6) is 0. The molecule has 6 heteroatoms. The average molecular weight is 280 g/mol. The topological polar surface area (TPSA) is 73.6 Å². The number of nitro groups is 1. The summed E-state index contributed by atoms with van der Waals surface area (Å²) in [5, 5.41) is 13.7. The first-order chi connectivity index (χ1) is 9.67. The predicted octanol–water partition coefficient (Wildman–Crippen LogP) is 2.25. The second kappa shape index (κ2) is 9.06. The molecule has 1 rings (SSSR count). The smallest absolute Gasteiger partial charge is 0.258 e. The monoisotopic (exact) mass is 280 g/mol. The number of nitrogens with one attached hydrogen (secondary N) is 1. The van der Waals surface area contributed by atoms with Crippen LogP contribution in [-0.4, -0.2) is 31.0 Å². The summed E-state index contributed by atoms with van der Waals surface area (Å²) < 4.78 is 10.8. The molecular weight excluding hydrogens is 260 g/mol. The molecule has 1 aromatic carbocycles. The van der Waals surface area contributed by atoms with Gasteiger partial charge in [0.05, 0.1) is 11.5 Å². The van der Waals surface area contributed by atoms with Crippen LogP contribution >= 0.6 is 0 Å². The van der Waals surface area contributed by atoms with Crippen molar-refractivity contribution in [1.82, 2.24) is 5.32 Å². The van der Waals surface area contributed by atoms with Crippen molar-refractivity contribution < 1.29 is 14.4 Å². The summed E-state index contributed by atoms with van der Waals surface area (Å²) in [7, 11) is 0. The van der Waals surface area contributed by atoms with Gasteiger partial charge in [-0.25, -0.2) is 0 Å². The van der Waals surface area contributed by atoms with Crippen LogP contribution in [0.1, 0.15) is 19.4 Å². The number of ether oxygens (including phenoxy) is 2. The largest absolute Gasteiger partial charge is 0.374 e. The highest BCUT2D eigenvalue weighted by Gasteiger charge is 2.11. The summed E-state index contributed by atoms with van der Waals surface area (Å²) in [5.41, 5.74) is 1.18. The third-order valence-electron chi connectivity index (χ3n) is 2.48. The van der Waals surface area contributed by atoms with E-state index < -0.39 is 11.2 Å². The molecule has 110 valence electrons. The van der Waals surface area contributed by atoms with E-state index in [9.17, 15) is 10.1 Å². The Balaban J connectivity index is 2.73. The second-order valence-electron chi connectivity index (χ2n) is 3.92. The molecule has 1 aromatic rings. The first-order valence-electron chi connectivity index (χ1n) is 6.55. The van der Waals surface area contributed by atoms with Crippen molar-refractivity contribution >= 4 is 5.70 Å². The zero-order valence-corrected chi connectivity index (χ0v) is 11.7. The minimum absolute atomic E-state index is 0.343. The van der Waals surface area contributed by atoms with Gasteiger partial charge in [0.1, 0.15) is 5.70 Å². The third-order valence-corrected chi connectivity index (χ3v) is 2.48. The Kier molecular flexibility index (Phi) is 7.31. The predicted molar refractivity (Wildman–Crippen MR) is 76.5 cm³/mol. The highest BCUT2D eigenvalue weighted by Crippen LogP contribution is 2.11. The normalized spacial score (nSPS) is 11.7. The highest BCUT2D eigenvalue weighted by atomic mass is 16.7. The summed E-state index contributed by atoms with van der Waals surface area (Å²) in [6, 6.07) is 9.12. The molecule has 0 bridgehead atoms. The molecule has 0 fully saturated rings. The fourth-order valence-electron chi connectivity index (χ4n) is 1.68. The number of hydrogen-bond donors (Lipinski definition) is 1. The van der Waals surface area contributed by atoms with Gasteiger partial charge in [0, 0.05) is 18.8 Å². The lowest BCUT2D eigenvalue weighted by Crippen LogP contribution is -2.31. The molecule has 0 amide bonds. The van der Waals surface area contributed by atoms with E-state index in [2.05, 4.69) is 5.32 Å². The highest BCUT2D eigenvalue weighted by molar-refractivity contribution is 5.62. The number of hydrogen-bond acceptors (Lipinski definition) is 5. The fraction of sp³-hybridized carbons (Fsp3) is 0.429. The molecule has 0 spiro atoms. The van der Waals surface area contributed by atoms with Gasteiger partial charge in [-0.05, 0) is 13.8 Å². The van der Waals surface area contributed by atoms with Crippen molar-refractivity contribution in [2.24, 2.45) is 0 Å². The van der Waals surface area contributed by atoms with Gasteiger partial charge in [-0.15, -0.1) is 0 Å². The van der Waals surface area contributed by atoms with Crippen LogP contribution in [0.15, 0.2) is 36.5 Å². The van der Waals surface area contributed by atoms with E-state index in [1.54, 1.807) is 12.1 Å². The minimum Gasteiger partial charge on any atom is -0.374 e. The van der Waals surface area contributed by atoms with Gasteiger partial charge in [-0.3, -0.25) is 10.1 Å². The van der Waals surface area contributed by atoms with Gasteiger partial charge in [0.15, 0.2) is 6.29 Å². The lowest BCUT2D eigenvalue weighted by molar-refractivity contribution is -0.401. The summed E-state index contributed by atoms with van der Waals surface area (Å²) in [6.07, 6.45) is 0.522. The standard InChI is InChI=1S/C14H20N2O4/c1-3-19-14(20-4-2)10-15-13(11-16(17)18)12-8-6-5-7-9-12/h5-9,11,14-15H,3-4,10H2,1-2H3/b13-11+. The summed E-state index contributed by atoms with van der Waals surface area (Å²) in [4.78, 5) is 10.2. The molecule has 0 saturated heterocycles. The summed E-state index contributed by atoms with van der Waals surface area (Å²) >= 11 is 0. The Labute approximate surface area is 118 Å². The second-order valence-corrected chi connectivity index (χ2v) is 3.92. The number of nitrogens with zero attached hydrogens (tertiary/aromatic N) is 1. The van der Waals surface area contributed by atoms with Crippen LogP contribution in [0.5, 0.6) is 0 Å². The zero-order chi connectivity index (χ0) is 14.8. The molecule has 0 aliphatic rings. The fourth-order valence-corrected chi connectivity index (χ4v) is 1.68. The van der Waals surface area contributed by atoms with Crippen LogP contribution in [0.3, 0.4) is 0 Å². The average Bonchev–Trinajstić information content (AvgIpc) is 2.44. The van der Waals surface area contributed by atoms with E-state index in [0.29, 0.717) is 25.5 Å². The Bertz CT molecular complexity index is 428. The first-order valence-corrected chi connectivity index (χ1v) is 6.55. The van der Waals surface area contributed by atoms with E-state index in [-0.39, 0.29) is 0 Å². The van der Waals surface area contributed by atoms with Crippen LogP contribution in [0, 0.1) is 10.1 Å². The number of benzene rings is 1. The third kappa shape index (κ3) is 5.81. The van der Waals surface area contributed by atoms with Crippen LogP contribution in [0.4, 0.5) is 0 Å². The van der Waals surface area contributed by atoms with E-state index in [1.165, 1.54) is 0 Å². The van der Waals surface area contributed by atoms with Crippen molar-refractivity contribution in [2.45, 2.75) is 20.1 Å². The van der Waals surface area contributed by atoms with Crippen molar-refractivity contribution in [1.29, 1.82) is 0 Å². The maximum absolute atomic E-state index is 10.7. The number of rotatable bonds is 9. The Morgan fingerprint density at radius 2 is 1.90 bits per heavy atom. The van der Waals surface area contributed by atoms with Crippen molar-refractivity contribution in [2.75, 3.05) is 19.8 Å². The molecule has 0 unspecified atom stereocenters. The van der Waals surface area contributed by atoms with Gasteiger partial charge in [-0.2, -0.15) is 0 Å². The van der Waals surface area contributed by atoms with E-state index in [4.69, 9.17) is 9.47 Å². The molecule has 0 radical (unpaired) electrons. The van der Waals surface area contributed by atoms with Gasteiger partial charge >= 0.3 is 0 Å². The molecule has 0 atom stereocenters. The van der Waals surface area contributed by atoms with Gasteiger partial charge < -0.3 is 14.8 Å². The molecule has 0 aliphatic heterocycles.